The van der Waals surface area contributed by atoms with Crippen LogP contribution in [0.15, 0.2) is 30.3 Å². The topological polar surface area (TPSA) is 61.0 Å². The summed E-state index contributed by atoms with van der Waals surface area (Å²) in [6.45, 7) is 0.341. The highest BCUT2D eigenvalue weighted by Crippen LogP contribution is 2.30. The average molecular weight is 270 g/mol. The van der Waals surface area contributed by atoms with Crippen LogP contribution in [0.2, 0.25) is 10.3 Å². The Bertz CT molecular complexity index is 496. The molecule has 2 rings (SSSR count). The lowest BCUT2D eigenvalue weighted by molar-refractivity contribution is 0.304. The number of nitrogens with zero attached hydrogens (tertiary/aromatic N) is 2. The molecule has 0 unspecified atom stereocenters. The Labute approximate surface area is 108 Å². The largest absolute Gasteiger partial charge is 0.483 e. The first-order valence-electron chi connectivity index (χ1n) is 4.82. The Hall–Kier alpha value is -1.52. The number of hydrogen-bond acceptors (Lipinski definition) is 4. The zero-order chi connectivity index (χ0) is 12.3. The third kappa shape index (κ3) is 2.99. The molecule has 0 amide bonds. The molecule has 0 bridgehead atoms. The van der Waals surface area contributed by atoms with Crippen LogP contribution in [0, 0.1) is 0 Å². The first-order valence-corrected chi connectivity index (χ1v) is 5.57. The second-order valence-electron chi connectivity index (χ2n) is 3.27. The number of halogens is 2. The van der Waals surface area contributed by atoms with Crippen molar-refractivity contribution >= 4 is 29.2 Å². The molecule has 1 heterocycles. The Morgan fingerprint density at radius 3 is 2.24 bits per heavy atom. The molecule has 2 N–H and O–H groups in total. The predicted molar refractivity (Wildman–Crippen MR) is 67.2 cm³/mol. The minimum Gasteiger partial charge on any atom is -0.483 e. The Morgan fingerprint density at radius 1 is 1.06 bits per heavy atom. The van der Waals surface area contributed by atoms with Crippen molar-refractivity contribution in [2.75, 3.05) is 5.73 Å². The molecular weight excluding hydrogens is 261 g/mol. The van der Waals surface area contributed by atoms with Crippen LogP contribution in [0.25, 0.3) is 0 Å². The van der Waals surface area contributed by atoms with Crippen LogP contribution in [0.4, 0.5) is 5.95 Å². The average Bonchev–Trinajstić information content (AvgIpc) is 2.29. The Morgan fingerprint density at radius 2 is 1.65 bits per heavy atom. The molecule has 0 fully saturated rings. The van der Waals surface area contributed by atoms with Crippen molar-refractivity contribution in [2.45, 2.75) is 6.61 Å². The fourth-order valence-corrected chi connectivity index (χ4v) is 1.77. The van der Waals surface area contributed by atoms with Gasteiger partial charge in [0.05, 0.1) is 0 Å². The molecule has 0 aliphatic rings. The maximum atomic E-state index is 5.86. The molecule has 6 heteroatoms. The van der Waals surface area contributed by atoms with E-state index >= 15 is 0 Å². The fraction of sp³-hybridized carbons (Fsp3) is 0.0909. The number of benzene rings is 1. The second-order valence-corrected chi connectivity index (χ2v) is 3.98. The number of rotatable bonds is 3. The molecule has 1 aromatic heterocycles. The van der Waals surface area contributed by atoms with Crippen LogP contribution >= 0.6 is 23.2 Å². The van der Waals surface area contributed by atoms with Crippen molar-refractivity contribution in [3.05, 3.63) is 46.2 Å². The molecule has 0 spiro atoms. The van der Waals surface area contributed by atoms with Crippen molar-refractivity contribution in [1.29, 1.82) is 0 Å². The van der Waals surface area contributed by atoms with Gasteiger partial charge in [0.25, 0.3) is 0 Å². The number of hydrogen-bond donors (Lipinski definition) is 1. The summed E-state index contributed by atoms with van der Waals surface area (Å²) in [6.07, 6.45) is 0. The normalized spacial score (nSPS) is 10.2. The molecule has 0 saturated carbocycles. The summed E-state index contributed by atoms with van der Waals surface area (Å²) >= 11 is 11.7. The van der Waals surface area contributed by atoms with Gasteiger partial charge in [-0.15, -0.1) is 0 Å². The zero-order valence-electron chi connectivity index (χ0n) is 8.73. The standard InChI is InChI=1S/C11H9Cl2N3O/c12-9-8(10(13)16-11(14)15-9)17-6-7-4-2-1-3-5-7/h1-5H,6H2,(H2,14,15,16). The van der Waals surface area contributed by atoms with E-state index in [-0.39, 0.29) is 22.0 Å². The highest BCUT2D eigenvalue weighted by molar-refractivity contribution is 6.35. The summed E-state index contributed by atoms with van der Waals surface area (Å²) in [4.78, 5) is 7.54. The highest BCUT2D eigenvalue weighted by Gasteiger charge is 2.11. The van der Waals surface area contributed by atoms with Crippen molar-refractivity contribution in [1.82, 2.24) is 9.97 Å². The third-order valence-corrected chi connectivity index (χ3v) is 2.54. The Balaban J connectivity index is 2.15. The second kappa shape index (κ2) is 5.21. The number of nitrogen functional groups attached to an aromatic ring is 1. The molecule has 0 aliphatic heterocycles. The molecule has 1 aromatic carbocycles. The van der Waals surface area contributed by atoms with Crippen molar-refractivity contribution in [3.8, 4) is 5.75 Å². The summed E-state index contributed by atoms with van der Waals surface area (Å²) in [6, 6.07) is 9.62. The minimum atomic E-state index is 0.0204. The number of nitrogens with two attached hydrogens (primary N) is 1. The van der Waals surface area contributed by atoms with Gasteiger partial charge in [0.1, 0.15) is 6.61 Å². The monoisotopic (exact) mass is 269 g/mol. The van der Waals surface area contributed by atoms with Crippen LogP contribution in [-0.4, -0.2) is 9.97 Å². The predicted octanol–water partition coefficient (Wildman–Crippen LogP) is 2.94. The van der Waals surface area contributed by atoms with Crippen LogP contribution in [0.5, 0.6) is 5.75 Å². The smallest absolute Gasteiger partial charge is 0.223 e. The first kappa shape index (κ1) is 12.0. The van der Waals surface area contributed by atoms with Gasteiger partial charge in [-0.3, -0.25) is 0 Å². The van der Waals surface area contributed by atoms with Crippen LogP contribution in [0.1, 0.15) is 5.56 Å². The quantitative estimate of drug-likeness (QED) is 0.871. The van der Waals surface area contributed by atoms with Crippen LogP contribution < -0.4 is 10.5 Å². The molecule has 2 aromatic rings. The minimum absolute atomic E-state index is 0.0204. The van der Waals surface area contributed by atoms with E-state index in [0.29, 0.717) is 6.61 Å². The summed E-state index contributed by atoms with van der Waals surface area (Å²) in [5.41, 5.74) is 6.39. The maximum absolute atomic E-state index is 5.86. The van der Waals surface area contributed by atoms with E-state index in [4.69, 9.17) is 33.7 Å². The van der Waals surface area contributed by atoms with Gasteiger partial charge < -0.3 is 10.5 Å². The van der Waals surface area contributed by atoms with Gasteiger partial charge in [0.2, 0.25) is 5.95 Å². The SMILES string of the molecule is Nc1nc(Cl)c(OCc2ccccc2)c(Cl)n1. The van der Waals surface area contributed by atoms with Gasteiger partial charge >= 0.3 is 0 Å². The van der Waals surface area contributed by atoms with E-state index < -0.39 is 0 Å². The number of anilines is 1. The fourth-order valence-electron chi connectivity index (χ4n) is 1.26. The van der Waals surface area contributed by atoms with Crippen molar-refractivity contribution in [3.63, 3.8) is 0 Å². The first-order chi connectivity index (χ1) is 8.16. The van der Waals surface area contributed by atoms with Gasteiger partial charge in [-0.05, 0) is 5.56 Å². The molecule has 4 nitrogen and oxygen atoms in total. The Kier molecular flexibility index (Phi) is 3.66. The summed E-state index contributed by atoms with van der Waals surface area (Å²) in [5.74, 6) is 0.262. The van der Waals surface area contributed by atoms with E-state index in [1.54, 1.807) is 0 Å². The molecule has 0 saturated heterocycles. The van der Waals surface area contributed by atoms with Gasteiger partial charge in [-0.1, -0.05) is 53.5 Å². The molecule has 88 valence electrons. The van der Waals surface area contributed by atoms with E-state index in [2.05, 4.69) is 9.97 Å². The number of ether oxygens (including phenoxy) is 1. The van der Waals surface area contributed by atoms with Crippen LogP contribution in [0.3, 0.4) is 0 Å². The summed E-state index contributed by atoms with van der Waals surface area (Å²) in [5, 5.41) is 0.219. The summed E-state index contributed by atoms with van der Waals surface area (Å²) in [7, 11) is 0. The lowest BCUT2D eigenvalue weighted by Gasteiger charge is -2.08. The molecule has 0 aliphatic carbocycles. The van der Waals surface area contributed by atoms with E-state index in [1.807, 2.05) is 30.3 Å². The van der Waals surface area contributed by atoms with Crippen molar-refractivity contribution < 1.29 is 4.74 Å². The van der Waals surface area contributed by atoms with Crippen molar-refractivity contribution in [2.24, 2.45) is 0 Å². The van der Waals surface area contributed by atoms with Gasteiger partial charge in [-0.2, -0.15) is 9.97 Å². The maximum Gasteiger partial charge on any atom is 0.223 e. The number of aromatic nitrogens is 2. The molecule has 0 atom stereocenters. The lowest BCUT2D eigenvalue weighted by atomic mass is 10.2. The zero-order valence-corrected chi connectivity index (χ0v) is 10.2. The van der Waals surface area contributed by atoms with E-state index in [9.17, 15) is 0 Å². The highest BCUT2D eigenvalue weighted by atomic mass is 35.5. The molecule has 0 radical (unpaired) electrons. The molecular formula is C11H9Cl2N3O. The summed E-state index contributed by atoms with van der Waals surface area (Å²) < 4.78 is 5.46. The van der Waals surface area contributed by atoms with E-state index in [1.165, 1.54) is 0 Å². The van der Waals surface area contributed by atoms with E-state index in [0.717, 1.165) is 5.56 Å². The molecule has 17 heavy (non-hydrogen) atoms. The lowest BCUT2D eigenvalue weighted by Crippen LogP contribution is -2.01. The van der Waals surface area contributed by atoms with Gasteiger partial charge in [0.15, 0.2) is 16.1 Å². The van der Waals surface area contributed by atoms with Gasteiger partial charge in [0, 0.05) is 0 Å². The van der Waals surface area contributed by atoms with Gasteiger partial charge in [-0.25, -0.2) is 0 Å². The van der Waals surface area contributed by atoms with Crippen LogP contribution in [-0.2, 0) is 6.61 Å². The third-order valence-electron chi connectivity index (χ3n) is 2.03.